The monoisotopic (exact) mass is 886 g/mol. The minimum atomic E-state index is -1.29. The SMILES string of the molecule is CCCCC/C=C/CC/C=C/CC/C=C/CCCC(O)C(O)C(CO)NC(=O)C(O)CCCCCCCCCCCCCCCCC/C=C\CCCCCCCCCCCCCC. The van der Waals surface area contributed by atoms with Crippen LogP contribution in [0, 0.1) is 0 Å². The van der Waals surface area contributed by atoms with Crippen LogP contribution in [-0.2, 0) is 4.79 Å². The number of hydrogen-bond donors (Lipinski definition) is 5. The van der Waals surface area contributed by atoms with Gasteiger partial charge in [-0.15, -0.1) is 0 Å². The highest BCUT2D eigenvalue weighted by atomic mass is 16.3. The molecule has 0 aliphatic rings. The highest BCUT2D eigenvalue weighted by molar-refractivity contribution is 5.80. The molecule has 0 aromatic rings. The smallest absolute Gasteiger partial charge is 0.249 e. The quantitative estimate of drug-likeness (QED) is 0.0309. The predicted octanol–water partition coefficient (Wildman–Crippen LogP) is 15.8. The number of allylic oxidation sites excluding steroid dienone is 8. The summed E-state index contributed by atoms with van der Waals surface area (Å²) in [7, 11) is 0. The Balaban J connectivity index is 3.63. The Kier molecular flexibility index (Phi) is 49.8. The number of amides is 1. The van der Waals surface area contributed by atoms with Crippen molar-refractivity contribution in [3.63, 3.8) is 0 Å². The van der Waals surface area contributed by atoms with E-state index in [0.717, 1.165) is 51.4 Å². The van der Waals surface area contributed by atoms with Crippen molar-refractivity contribution in [2.75, 3.05) is 6.61 Å². The number of nitrogens with one attached hydrogen (secondary N) is 1. The van der Waals surface area contributed by atoms with E-state index >= 15 is 0 Å². The molecule has 0 aromatic heterocycles. The first-order chi connectivity index (χ1) is 31.0. The molecule has 0 saturated heterocycles. The summed E-state index contributed by atoms with van der Waals surface area (Å²) in [6, 6.07) is -1.01. The van der Waals surface area contributed by atoms with Crippen LogP contribution in [0.2, 0.25) is 0 Å². The fraction of sp³-hybridized carbons (Fsp3) is 0.842. The summed E-state index contributed by atoms with van der Waals surface area (Å²) in [5.74, 6) is -0.598. The second kappa shape index (κ2) is 51.3. The van der Waals surface area contributed by atoms with Crippen molar-refractivity contribution in [2.45, 2.75) is 301 Å². The summed E-state index contributed by atoms with van der Waals surface area (Å²) in [4.78, 5) is 12.6. The van der Waals surface area contributed by atoms with Crippen molar-refractivity contribution in [3.05, 3.63) is 48.6 Å². The molecule has 0 aliphatic heterocycles. The first kappa shape index (κ1) is 61.3. The molecule has 5 N–H and O–H groups in total. The molecule has 370 valence electrons. The molecule has 63 heavy (non-hydrogen) atoms. The van der Waals surface area contributed by atoms with Gasteiger partial charge in [0.05, 0.1) is 18.8 Å². The second-order valence-electron chi connectivity index (χ2n) is 18.9. The topological polar surface area (TPSA) is 110 Å². The van der Waals surface area contributed by atoms with E-state index in [4.69, 9.17) is 0 Å². The summed E-state index contributed by atoms with van der Waals surface area (Å²) in [6.45, 7) is 4.02. The first-order valence-corrected chi connectivity index (χ1v) is 27.5. The zero-order valence-corrected chi connectivity index (χ0v) is 41.8. The number of aliphatic hydroxyl groups is 4. The van der Waals surface area contributed by atoms with Crippen LogP contribution in [0.4, 0.5) is 0 Å². The van der Waals surface area contributed by atoms with Gasteiger partial charge in [0.1, 0.15) is 12.2 Å². The normalized spacial score (nSPS) is 14.2. The highest BCUT2D eigenvalue weighted by Gasteiger charge is 2.28. The van der Waals surface area contributed by atoms with Crippen molar-refractivity contribution < 1.29 is 25.2 Å². The molecule has 0 saturated carbocycles. The van der Waals surface area contributed by atoms with Crippen LogP contribution in [0.15, 0.2) is 48.6 Å². The minimum absolute atomic E-state index is 0.359. The van der Waals surface area contributed by atoms with Gasteiger partial charge in [0, 0.05) is 0 Å². The Morgan fingerprint density at radius 1 is 0.381 bits per heavy atom. The van der Waals surface area contributed by atoms with Gasteiger partial charge in [-0.3, -0.25) is 4.79 Å². The molecule has 0 bridgehead atoms. The molecular weight excluding hydrogens is 779 g/mol. The lowest BCUT2D eigenvalue weighted by Gasteiger charge is -2.27. The van der Waals surface area contributed by atoms with Gasteiger partial charge in [-0.05, 0) is 89.9 Å². The maximum absolute atomic E-state index is 12.6. The summed E-state index contributed by atoms with van der Waals surface area (Å²) in [5.41, 5.74) is 0. The average Bonchev–Trinajstić information content (AvgIpc) is 3.29. The Morgan fingerprint density at radius 3 is 1.03 bits per heavy atom. The molecule has 0 aromatic carbocycles. The van der Waals surface area contributed by atoms with Gasteiger partial charge in [0.15, 0.2) is 0 Å². The molecule has 0 radical (unpaired) electrons. The third-order valence-electron chi connectivity index (χ3n) is 12.7. The van der Waals surface area contributed by atoms with Crippen molar-refractivity contribution in [1.82, 2.24) is 5.32 Å². The van der Waals surface area contributed by atoms with E-state index in [1.807, 2.05) is 0 Å². The van der Waals surface area contributed by atoms with E-state index in [1.165, 1.54) is 193 Å². The van der Waals surface area contributed by atoms with Crippen molar-refractivity contribution in [3.8, 4) is 0 Å². The van der Waals surface area contributed by atoms with Gasteiger partial charge in [-0.1, -0.05) is 236 Å². The van der Waals surface area contributed by atoms with E-state index in [1.54, 1.807) is 0 Å². The Bertz CT molecular complexity index is 1040. The number of carbonyl (C=O) groups excluding carboxylic acids is 1. The number of unbranched alkanes of at least 4 members (excludes halogenated alkanes) is 33. The van der Waals surface area contributed by atoms with Crippen LogP contribution < -0.4 is 5.32 Å². The predicted molar refractivity (Wildman–Crippen MR) is 274 cm³/mol. The summed E-state index contributed by atoms with van der Waals surface area (Å²) >= 11 is 0. The summed E-state index contributed by atoms with van der Waals surface area (Å²) in [5, 5.41) is 43.8. The summed E-state index contributed by atoms with van der Waals surface area (Å²) in [6.07, 6.45) is 64.7. The molecule has 0 heterocycles. The average molecular weight is 886 g/mol. The van der Waals surface area contributed by atoms with Crippen LogP contribution in [0.3, 0.4) is 0 Å². The van der Waals surface area contributed by atoms with Gasteiger partial charge >= 0.3 is 0 Å². The van der Waals surface area contributed by atoms with Crippen LogP contribution >= 0.6 is 0 Å². The molecule has 0 spiro atoms. The molecule has 6 nitrogen and oxygen atoms in total. The minimum Gasteiger partial charge on any atom is -0.394 e. The Labute approximate surface area is 391 Å². The van der Waals surface area contributed by atoms with Gasteiger partial charge in [0.2, 0.25) is 5.91 Å². The highest BCUT2D eigenvalue weighted by Crippen LogP contribution is 2.17. The van der Waals surface area contributed by atoms with Gasteiger partial charge in [-0.25, -0.2) is 0 Å². The molecule has 6 heteroatoms. The van der Waals surface area contributed by atoms with Crippen molar-refractivity contribution in [2.24, 2.45) is 0 Å². The lowest BCUT2D eigenvalue weighted by atomic mass is 10.00. The van der Waals surface area contributed by atoms with Gasteiger partial charge in [-0.2, -0.15) is 0 Å². The van der Waals surface area contributed by atoms with Crippen LogP contribution in [0.1, 0.15) is 277 Å². The van der Waals surface area contributed by atoms with E-state index in [2.05, 4.69) is 67.8 Å². The lowest BCUT2D eigenvalue weighted by Crippen LogP contribution is -2.53. The van der Waals surface area contributed by atoms with Gasteiger partial charge in [0.25, 0.3) is 0 Å². The summed E-state index contributed by atoms with van der Waals surface area (Å²) < 4.78 is 0. The molecule has 4 unspecified atom stereocenters. The molecule has 0 fully saturated rings. The van der Waals surface area contributed by atoms with Crippen LogP contribution in [0.25, 0.3) is 0 Å². The Morgan fingerprint density at radius 2 is 0.667 bits per heavy atom. The maximum atomic E-state index is 12.6. The van der Waals surface area contributed by atoms with E-state index in [0.29, 0.717) is 19.3 Å². The van der Waals surface area contributed by atoms with Crippen molar-refractivity contribution >= 4 is 5.91 Å². The van der Waals surface area contributed by atoms with Gasteiger partial charge < -0.3 is 25.7 Å². The fourth-order valence-corrected chi connectivity index (χ4v) is 8.37. The molecule has 0 rings (SSSR count). The first-order valence-electron chi connectivity index (χ1n) is 27.5. The molecular formula is C57H107NO5. The second-order valence-corrected chi connectivity index (χ2v) is 18.9. The standard InChI is InChI=1S/C57H107NO5/c1-3-5-7-9-11-13-15-17-19-21-22-23-24-25-26-27-28-29-30-31-32-33-34-35-37-39-41-43-45-47-49-51-55(61)57(63)58-53(52-59)56(62)54(60)50-48-46-44-42-40-38-36-20-18-16-14-12-10-8-6-4-2/h12,14,20,25-26,36,42,44,53-56,59-62H,3-11,13,15-19,21-24,27-35,37-41,43,45-52H2,1-2H3,(H,58,63)/b14-12+,26-25-,36-20+,44-42+. The van der Waals surface area contributed by atoms with E-state index in [-0.39, 0.29) is 0 Å². The molecule has 4 atom stereocenters. The third kappa shape index (κ3) is 45.2. The zero-order chi connectivity index (χ0) is 45.9. The fourth-order valence-electron chi connectivity index (χ4n) is 8.37. The number of rotatable bonds is 50. The van der Waals surface area contributed by atoms with E-state index in [9.17, 15) is 25.2 Å². The van der Waals surface area contributed by atoms with Crippen LogP contribution in [0.5, 0.6) is 0 Å². The lowest BCUT2D eigenvalue weighted by molar-refractivity contribution is -0.132. The molecule has 1 amide bonds. The largest absolute Gasteiger partial charge is 0.394 e. The third-order valence-corrected chi connectivity index (χ3v) is 12.7. The Hall–Kier alpha value is -1.73. The maximum Gasteiger partial charge on any atom is 0.249 e. The van der Waals surface area contributed by atoms with E-state index < -0.39 is 36.9 Å². The zero-order valence-electron chi connectivity index (χ0n) is 41.8. The number of aliphatic hydroxyl groups excluding tert-OH is 4. The number of hydrogen-bond acceptors (Lipinski definition) is 5. The van der Waals surface area contributed by atoms with Crippen molar-refractivity contribution in [1.29, 1.82) is 0 Å². The van der Waals surface area contributed by atoms with Crippen LogP contribution in [-0.4, -0.2) is 57.3 Å². The molecule has 0 aliphatic carbocycles. The number of carbonyl (C=O) groups is 1.